The number of hydrogen-bond acceptors (Lipinski definition) is 3. The Labute approximate surface area is 97.4 Å². The summed E-state index contributed by atoms with van der Waals surface area (Å²) in [7, 11) is 0. The van der Waals surface area contributed by atoms with Crippen LogP contribution >= 0.6 is 0 Å². The molecule has 0 aromatic carbocycles. The molecule has 0 unspecified atom stereocenters. The molecule has 0 saturated heterocycles. The van der Waals surface area contributed by atoms with E-state index < -0.39 is 0 Å². The maximum atomic E-state index is 9.31. The van der Waals surface area contributed by atoms with E-state index in [1.54, 1.807) is 6.20 Å². The van der Waals surface area contributed by atoms with E-state index in [1.165, 1.54) is 0 Å². The molecule has 1 aromatic rings. The average molecular weight is 220 g/mol. The smallest absolute Gasteiger partial charge is 0.134 e. The second-order valence-electron chi connectivity index (χ2n) is 4.71. The predicted octanol–water partition coefficient (Wildman–Crippen LogP) is 2.36. The Morgan fingerprint density at radius 1 is 1.50 bits per heavy atom. The lowest BCUT2D eigenvalue weighted by Gasteiger charge is -2.37. The summed E-state index contributed by atoms with van der Waals surface area (Å²) in [6.07, 6.45) is 3.59. The van der Waals surface area contributed by atoms with Crippen molar-refractivity contribution in [1.29, 1.82) is 0 Å². The summed E-state index contributed by atoms with van der Waals surface area (Å²) < 4.78 is 0. The van der Waals surface area contributed by atoms with Crippen LogP contribution < -0.4 is 4.90 Å². The van der Waals surface area contributed by atoms with Gasteiger partial charge in [-0.25, -0.2) is 4.98 Å². The Kier molecular flexibility index (Phi) is 4.07. The average Bonchev–Trinajstić information content (AvgIpc) is 2.24. The van der Waals surface area contributed by atoms with E-state index in [9.17, 15) is 5.11 Å². The van der Waals surface area contributed by atoms with E-state index >= 15 is 0 Å². The zero-order chi connectivity index (χ0) is 12.2. The summed E-state index contributed by atoms with van der Waals surface area (Å²) in [6, 6.07) is 3.73. The van der Waals surface area contributed by atoms with E-state index in [1.807, 2.05) is 18.2 Å². The van der Waals surface area contributed by atoms with Gasteiger partial charge in [-0.15, -0.1) is 6.58 Å². The van der Waals surface area contributed by atoms with Gasteiger partial charge in [-0.2, -0.15) is 0 Å². The monoisotopic (exact) mass is 220 g/mol. The van der Waals surface area contributed by atoms with Crippen LogP contribution in [-0.2, 0) is 6.61 Å². The molecule has 1 aromatic heterocycles. The Bertz CT molecular complexity index is 355. The van der Waals surface area contributed by atoms with E-state index in [-0.39, 0.29) is 12.1 Å². The van der Waals surface area contributed by atoms with Gasteiger partial charge in [0.1, 0.15) is 5.82 Å². The second kappa shape index (κ2) is 5.12. The molecular formula is C13H20N2O. The van der Waals surface area contributed by atoms with Gasteiger partial charge in [0.05, 0.1) is 6.61 Å². The molecule has 0 radical (unpaired) electrons. The van der Waals surface area contributed by atoms with Crippen LogP contribution in [0.15, 0.2) is 31.0 Å². The zero-order valence-corrected chi connectivity index (χ0v) is 10.3. The Morgan fingerprint density at radius 3 is 2.69 bits per heavy atom. The van der Waals surface area contributed by atoms with Crippen molar-refractivity contribution in [2.24, 2.45) is 0 Å². The summed E-state index contributed by atoms with van der Waals surface area (Å²) in [6.45, 7) is 10.8. The van der Waals surface area contributed by atoms with E-state index in [0.717, 1.165) is 11.4 Å². The van der Waals surface area contributed by atoms with Crippen LogP contribution in [0.2, 0.25) is 0 Å². The predicted molar refractivity (Wildman–Crippen MR) is 67.5 cm³/mol. The Balaban J connectivity index is 3.15. The number of aliphatic hydroxyl groups excluding tert-OH is 1. The number of aliphatic hydroxyl groups is 1. The van der Waals surface area contributed by atoms with Crippen molar-refractivity contribution in [2.75, 3.05) is 11.4 Å². The van der Waals surface area contributed by atoms with Crippen LogP contribution in [-0.4, -0.2) is 22.2 Å². The van der Waals surface area contributed by atoms with Crippen LogP contribution in [0.1, 0.15) is 26.3 Å². The fraction of sp³-hybridized carbons (Fsp3) is 0.462. The molecule has 88 valence electrons. The molecule has 0 aliphatic heterocycles. The molecule has 16 heavy (non-hydrogen) atoms. The maximum Gasteiger partial charge on any atom is 0.134 e. The quantitative estimate of drug-likeness (QED) is 0.791. The van der Waals surface area contributed by atoms with Crippen molar-refractivity contribution in [2.45, 2.75) is 32.9 Å². The minimum absolute atomic E-state index is 0.00684. The number of pyridine rings is 1. The molecule has 1 heterocycles. The number of nitrogens with zero attached hydrogens (tertiary/aromatic N) is 2. The van der Waals surface area contributed by atoms with Gasteiger partial charge in [0.25, 0.3) is 0 Å². The first-order valence-corrected chi connectivity index (χ1v) is 5.44. The first kappa shape index (κ1) is 12.7. The van der Waals surface area contributed by atoms with Crippen molar-refractivity contribution < 1.29 is 5.11 Å². The number of rotatable bonds is 4. The number of hydrogen-bond donors (Lipinski definition) is 1. The van der Waals surface area contributed by atoms with Crippen molar-refractivity contribution in [3.8, 4) is 0 Å². The molecular weight excluding hydrogens is 200 g/mol. The highest BCUT2D eigenvalue weighted by Crippen LogP contribution is 2.24. The Morgan fingerprint density at radius 2 is 2.19 bits per heavy atom. The molecule has 1 N–H and O–H groups in total. The zero-order valence-electron chi connectivity index (χ0n) is 10.3. The lowest BCUT2D eigenvalue weighted by molar-refractivity contribution is 0.281. The molecule has 0 spiro atoms. The third kappa shape index (κ3) is 2.83. The Hall–Kier alpha value is -1.35. The maximum absolute atomic E-state index is 9.31. The number of anilines is 1. The van der Waals surface area contributed by atoms with Crippen LogP contribution in [0.3, 0.4) is 0 Å². The molecule has 3 nitrogen and oxygen atoms in total. The van der Waals surface area contributed by atoms with Crippen LogP contribution in [0.5, 0.6) is 0 Å². The van der Waals surface area contributed by atoms with Crippen molar-refractivity contribution in [3.63, 3.8) is 0 Å². The SMILES string of the molecule is C=CCN(c1ncccc1CO)C(C)(C)C. The normalized spacial score (nSPS) is 11.2. The van der Waals surface area contributed by atoms with E-state index in [0.29, 0.717) is 6.54 Å². The van der Waals surface area contributed by atoms with Crippen molar-refractivity contribution in [3.05, 3.63) is 36.5 Å². The molecule has 0 amide bonds. The van der Waals surface area contributed by atoms with Gasteiger partial charge < -0.3 is 10.0 Å². The third-order valence-corrected chi connectivity index (χ3v) is 2.41. The molecule has 0 aliphatic rings. The third-order valence-electron chi connectivity index (χ3n) is 2.41. The first-order valence-electron chi connectivity index (χ1n) is 5.44. The van der Waals surface area contributed by atoms with E-state index in [4.69, 9.17) is 0 Å². The van der Waals surface area contributed by atoms with Gasteiger partial charge in [-0.3, -0.25) is 0 Å². The molecule has 1 rings (SSSR count). The lowest BCUT2D eigenvalue weighted by Crippen LogP contribution is -2.42. The summed E-state index contributed by atoms with van der Waals surface area (Å²) in [5.74, 6) is 0.831. The standard InChI is InChI=1S/C13H20N2O/c1-5-9-15(13(2,3)4)12-11(10-16)7-6-8-14-12/h5-8,16H,1,9-10H2,2-4H3. The minimum Gasteiger partial charge on any atom is -0.392 e. The highest BCUT2D eigenvalue weighted by Gasteiger charge is 2.23. The van der Waals surface area contributed by atoms with Crippen molar-refractivity contribution in [1.82, 2.24) is 4.98 Å². The molecule has 0 bridgehead atoms. The van der Waals surface area contributed by atoms with Gasteiger partial charge in [-0.1, -0.05) is 12.1 Å². The lowest BCUT2D eigenvalue weighted by atomic mass is 10.0. The number of aromatic nitrogens is 1. The summed E-state index contributed by atoms with van der Waals surface area (Å²) >= 11 is 0. The largest absolute Gasteiger partial charge is 0.392 e. The van der Waals surface area contributed by atoms with Gasteiger partial charge in [0.2, 0.25) is 0 Å². The van der Waals surface area contributed by atoms with Crippen molar-refractivity contribution >= 4 is 5.82 Å². The second-order valence-corrected chi connectivity index (χ2v) is 4.71. The fourth-order valence-corrected chi connectivity index (χ4v) is 1.60. The van der Waals surface area contributed by atoms with E-state index in [2.05, 4.69) is 37.2 Å². The van der Waals surface area contributed by atoms with Gasteiger partial charge in [0, 0.05) is 23.8 Å². The molecule has 0 fully saturated rings. The summed E-state index contributed by atoms with van der Waals surface area (Å²) in [5, 5.41) is 9.31. The fourth-order valence-electron chi connectivity index (χ4n) is 1.60. The highest BCUT2D eigenvalue weighted by molar-refractivity contribution is 5.49. The van der Waals surface area contributed by atoms with Crippen LogP contribution in [0, 0.1) is 0 Å². The summed E-state index contributed by atoms with van der Waals surface area (Å²) in [4.78, 5) is 6.48. The first-order chi connectivity index (χ1) is 7.50. The summed E-state index contributed by atoms with van der Waals surface area (Å²) in [5.41, 5.74) is 0.797. The molecule has 3 heteroatoms. The minimum atomic E-state index is -0.0491. The van der Waals surface area contributed by atoms with Crippen LogP contribution in [0.4, 0.5) is 5.82 Å². The van der Waals surface area contributed by atoms with Crippen LogP contribution in [0.25, 0.3) is 0 Å². The van der Waals surface area contributed by atoms with Gasteiger partial charge >= 0.3 is 0 Å². The molecule has 0 saturated carbocycles. The topological polar surface area (TPSA) is 36.4 Å². The van der Waals surface area contributed by atoms with Gasteiger partial charge in [-0.05, 0) is 26.8 Å². The van der Waals surface area contributed by atoms with Gasteiger partial charge in [0.15, 0.2) is 0 Å². The highest BCUT2D eigenvalue weighted by atomic mass is 16.3. The molecule has 0 aliphatic carbocycles. The molecule has 0 atom stereocenters.